The van der Waals surface area contributed by atoms with Gasteiger partial charge in [0.1, 0.15) is 0 Å². The van der Waals surface area contributed by atoms with Crippen molar-refractivity contribution < 1.29 is 9.90 Å². The van der Waals surface area contributed by atoms with Crippen LogP contribution in [0.1, 0.15) is 51.4 Å². The maximum absolute atomic E-state index is 12.6. The summed E-state index contributed by atoms with van der Waals surface area (Å²) >= 11 is 0. The van der Waals surface area contributed by atoms with Crippen LogP contribution in [0.25, 0.3) is 0 Å². The Balaban J connectivity index is 1.93. The number of carbonyl (C=O) groups excluding carboxylic acids is 1. The van der Waals surface area contributed by atoms with E-state index in [0.717, 1.165) is 44.9 Å². The number of hydrogen-bond donors (Lipinski definition) is 2. The number of rotatable bonds is 4. The number of amides is 1. The molecule has 2 unspecified atom stereocenters. The van der Waals surface area contributed by atoms with Crippen LogP contribution >= 0.6 is 0 Å². The SMILES string of the molecule is CN(CC1(O)CCCC1)C(=O)C1CCCCC1CN. The Kier molecular flexibility index (Phi) is 4.85. The van der Waals surface area contributed by atoms with Gasteiger partial charge in [0.15, 0.2) is 0 Å². The molecule has 2 atom stereocenters. The second-order valence-electron chi connectivity index (χ2n) is 6.51. The fraction of sp³-hybridized carbons (Fsp3) is 0.933. The van der Waals surface area contributed by atoms with Crippen molar-refractivity contribution in [2.75, 3.05) is 20.1 Å². The molecule has 0 aliphatic heterocycles. The summed E-state index contributed by atoms with van der Waals surface area (Å²) in [4.78, 5) is 14.3. The van der Waals surface area contributed by atoms with E-state index in [9.17, 15) is 9.90 Å². The number of hydrogen-bond acceptors (Lipinski definition) is 3. The molecule has 110 valence electrons. The quantitative estimate of drug-likeness (QED) is 0.812. The topological polar surface area (TPSA) is 66.6 Å². The zero-order valence-corrected chi connectivity index (χ0v) is 12.1. The Hall–Kier alpha value is -0.610. The fourth-order valence-electron chi connectivity index (χ4n) is 3.81. The Morgan fingerprint density at radius 1 is 1.26 bits per heavy atom. The first-order chi connectivity index (χ1) is 9.06. The minimum atomic E-state index is -0.642. The number of nitrogens with two attached hydrogens (primary N) is 1. The van der Waals surface area contributed by atoms with Crippen molar-refractivity contribution in [3.63, 3.8) is 0 Å². The van der Waals surface area contributed by atoms with Gasteiger partial charge in [-0.05, 0) is 38.1 Å². The Labute approximate surface area is 116 Å². The van der Waals surface area contributed by atoms with E-state index in [4.69, 9.17) is 5.73 Å². The maximum atomic E-state index is 12.6. The lowest BCUT2D eigenvalue weighted by Crippen LogP contribution is -2.46. The van der Waals surface area contributed by atoms with E-state index >= 15 is 0 Å². The zero-order chi connectivity index (χ0) is 13.9. The average molecular weight is 268 g/mol. The Morgan fingerprint density at radius 2 is 1.89 bits per heavy atom. The monoisotopic (exact) mass is 268 g/mol. The van der Waals surface area contributed by atoms with Crippen LogP contribution in [0.4, 0.5) is 0 Å². The molecule has 0 aromatic carbocycles. The van der Waals surface area contributed by atoms with Crippen LogP contribution in [0.3, 0.4) is 0 Å². The van der Waals surface area contributed by atoms with Crippen molar-refractivity contribution >= 4 is 5.91 Å². The third kappa shape index (κ3) is 3.48. The van der Waals surface area contributed by atoms with Gasteiger partial charge in [0, 0.05) is 19.5 Å². The standard InChI is InChI=1S/C15H28N2O2/c1-17(11-15(19)8-4-5-9-15)14(18)13-7-3-2-6-12(13)10-16/h12-13,19H,2-11,16H2,1H3. The number of aliphatic hydroxyl groups is 1. The molecule has 0 heterocycles. The largest absolute Gasteiger partial charge is 0.388 e. The van der Waals surface area contributed by atoms with E-state index in [1.54, 1.807) is 4.90 Å². The second-order valence-corrected chi connectivity index (χ2v) is 6.51. The van der Waals surface area contributed by atoms with E-state index < -0.39 is 5.60 Å². The Morgan fingerprint density at radius 3 is 2.53 bits per heavy atom. The molecule has 0 bridgehead atoms. The highest BCUT2D eigenvalue weighted by molar-refractivity contribution is 5.79. The zero-order valence-electron chi connectivity index (χ0n) is 12.1. The molecular formula is C15H28N2O2. The van der Waals surface area contributed by atoms with Crippen LogP contribution in [0.5, 0.6) is 0 Å². The lowest BCUT2D eigenvalue weighted by molar-refractivity contribution is -0.140. The predicted octanol–water partition coefficient (Wildman–Crippen LogP) is 1.51. The van der Waals surface area contributed by atoms with Gasteiger partial charge in [0.2, 0.25) is 5.91 Å². The molecule has 2 aliphatic carbocycles. The van der Waals surface area contributed by atoms with Crippen LogP contribution in [-0.2, 0) is 4.79 Å². The molecule has 4 heteroatoms. The van der Waals surface area contributed by atoms with Gasteiger partial charge in [-0.15, -0.1) is 0 Å². The smallest absolute Gasteiger partial charge is 0.225 e. The third-order valence-electron chi connectivity index (χ3n) is 4.97. The van der Waals surface area contributed by atoms with Crippen LogP contribution < -0.4 is 5.73 Å². The molecule has 0 aromatic heterocycles. The molecule has 2 aliphatic rings. The van der Waals surface area contributed by atoms with Gasteiger partial charge in [0.25, 0.3) is 0 Å². The summed E-state index contributed by atoms with van der Waals surface area (Å²) in [5, 5.41) is 10.4. The molecule has 4 nitrogen and oxygen atoms in total. The first-order valence-corrected chi connectivity index (χ1v) is 7.73. The van der Waals surface area contributed by atoms with Crippen molar-refractivity contribution in [1.82, 2.24) is 4.90 Å². The van der Waals surface area contributed by atoms with Crippen LogP contribution in [0.15, 0.2) is 0 Å². The summed E-state index contributed by atoms with van der Waals surface area (Å²) in [7, 11) is 1.83. The van der Waals surface area contributed by atoms with Gasteiger partial charge in [-0.2, -0.15) is 0 Å². The highest BCUT2D eigenvalue weighted by Gasteiger charge is 2.37. The first kappa shape index (κ1) is 14.8. The highest BCUT2D eigenvalue weighted by atomic mass is 16.3. The van der Waals surface area contributed by atoms with Crippen LogP contribution in [0, 0.1) is 11.8 Å². The molecule has 19 heavy (non-hydrogen) atoms. The third-order valence-corrected chi connectivity index (χ3v) is 4.97. The minimum Gasteiger partial charge on any atom is -0.388 e. The first-order valence-electron chi connectivity index (χ1n) is 7.73. The summed E-state index contributed by atoms with van der Waals surface area (Å²) in [6, 6.07) is 0. The molecule has 1 amide bonds. The van der Waals surface area contributed by atoms with Gasteiger partial charge >= 0.3 is 0 Å². The molecule has 0 radical (unpaired) electrons. The van der Waals surface area contributed by atoms with Gasteiger partial charge in [0.05, 0.1) is 5.60 Å². The molecule has 0 spiro atoms. The average Bonchev–Trinajstić information content (AvgIpc) is 2.84. The lowest BCUT2D eigenvalue weighted by atomic mass is 9.78. The minimum absolute atomic E-state index is 0.0775. The van der Waals surface area contributed by atoms with E-state index in [1.807, 2.05) is 7.05 Å². The van der Waals surface area contributed by atoms with Gasteiger partial charge in [-0.1, -0.05) is 25.7 Å². The molecule has 0 saturated heterocycles. The summed E-state index contributed by atoms with van der Waals surface area (Å²) in [6.07, 6.45) is 8.17. The van der Waals surface area contributed by atoms with Gasteiger partial charge < -0.3 is 15.7 Å². The van der Waals surface area contributed by atoms with E-state index in [2.05, 4.69) is 0 Å². The van der Waals surface area contributed by atoms with Crippen molar-refractivity contribution in [2.45, 2.75) is 57.0 Å². The summed E-state index contributed by atoms with van der Waals surface area (Å²) in [6.45, 7) is 1.09. The van der Waals surface area contributed by atoms with E-state index in [-0.39, 0.29) is 11.8 Å². The van der Waals surface area contributed by atoms with Crippen molar-refractivity contribution in [2.24, 2.45) is 17.6 Å². The van der Waals surface area contributed by atoms with E-state index in [1.165, 1.54) is 6.42 Å². The van der Waals surface area contributed by atoms with Crippen LogP contribution in [-0.4, -0.2) is 41.7 Å². The molecule has 2 saturated carbocycles. The molecule has 2 fully saturated rings. The molecule has 3 N–H and O–H groups in total. The van der Waals surface area contributed by atoms with Gasteiger partial charge in [-0.25, -0.2) is 0 Å². The summed E-state index contributed by atoms with van der Waals surface area (Å²) < 4.78 is 0. The predicted molar refractivity (Wildman–Crippen MR) is 75.6 cm³/mol. The van der Waals surface area contributed by atoms with Crippen molar-refractivity contribution in [1.29, 1.82) is 0 Å². The van der Waals surface area contributed by atoms with Crippen LogP contribution in [0.2, 0.25) is 0 Å². The van der Waals surface area contributed by atoms with E-state index in [0.29, 0.717) is 19.0 Å². The fourth-order valence-corrected chi connectivity index (χ4v) is 3.81. The maximum Gasteiger partial charge on any atom is 0.225 e. The lowest BCUT2D eigenvalue weighted by Gasteiger charge is -2.35. The van der Waals surface area contributed by atoms with Crippen molar-refractivity contribution in [3.05, 3.63) is 0 Å². The molecule has 2 rings (SSSR count). The Bertz CT molecular complexity index is 313. The number of carbonyl (C=O) groups is 1. The normalized spacial score (nSPS) is 30.3. The second kappa shape index (κ2) is 6.23. The van der Waals surface area contributed by atoms with Gasteiger partial charge in [-0.3, -0.25) is 4.79 Å². The van der Waals surface area contributed by atoms with Crippen molar-refractivity contribution in [3.8, 4) is 0 Å². The highest BCUT2D eigenvalue weighted by Crippen LogP contribution is 2.33. The summed E-state index contributed by atoms with van der Waals surface area (Å²) in [5.41, 5.74) is 5.16. The summed E-state index contributed by atoms with van der Waals surface area (Å²) in [5.74, 6) is 0.603. The molecular weight excluding hydrogens is 240 g/mol. The molecule has 0 aromatic rings. The number of nitrogens with zero attached hydrogens (tertiary/aromatic N) is 1. The number of likely N-dealkylation sites (N-methyl/N-ethyl adjacent to an activating group) is 1.